The van der Waals surface area contributed by atoms with Crippen LogP contribution in [0.25, 0.3) is 0 Å². The normalized spacial score (nSPS) is 13.7. The van der Waals surface area contributed by atoms with Gasteiger partial charge in [0.2, 0.25) is 0 Å². The highest BCUT2D eigenvalue weighted by Gasteiger charge is 2.27. The largest absolute Gasteiger partial charge is 0.472 e. The molecule has 0 saturated heterocycles. The molecule has 2 atom stereocenters. The summed E-state index contributed by atoms with van der Waals surface area (Å²) >= 11 is 0. The highest BCUT2D eigenvalue weighted by molar-refractivity contribution is 7.47. The first kappa shape index (κ1) is 92.4. The number of hydrogen-bond donors (Lipinski definition) is 1. The van der Waals surface area contributed by atoms with E-state index in [2.05, 4.69) is 135 Å². The van der Waals surface area contributed by atoms with E-state index in [9.17, 15) is 19.0 Å². The predicted octanol–water partition coefficient (Wildman–Crippen LogP) is 26.9. The average Bonchev–Trinajstić information content (AvgIpc) is 1.98. The maximum absolute atomic E-state index is 12.9. The van der Waals surface area contributed by atoms with Gasteiger partial charge in [-0.05, 0) is 103 Å². The van der Waals surface area contributed by atoms with Crippen LogP contribution in [0.2, 0.25) is 0 Å². The molecule has 0 aromatic carbocycles. The highest BCUT2D eigenvalue weighted by Crippen LogP contribution is 2.43. The fraction of sp³-hybridized carbons (Fsp3) is 0.744. The third-order valence-corrected chi connectivity index (χ3v) is 18.5. The van der Waals surface area contributed by atoms with E-state index >= 15 is 0 Å². The minimum atomic E-state index is -4.40. The van der Waals surface area contributed by atoms with Crippen LogP contribution in [0.5, 0.6) is 0 Å². The molecule has 0 aliphatic carbocycles. The molecule has 0 spiro atoms. The molecule has 96 heavy (non-hydrogen) atoms. The molecule has 0 aromatic heterocycles. The lowest BCUT2D eigenvalue weighted by atomic mass is 10.0. The van der Waals surface area contributed by atoms with Crippen molar-refractivity contribution in [3.05, 3.63) is 122 Å². The Hall–Kier alpha value is -3.59. The standard InChI is InChI=1S/C86H152NO8P/c1-6-8-10-12-14-16-18-20-22-24-26-28-30-32-34-36-38-40-41-42-43-44-45-47-49-51-53-55-57-59-61-63-65-67-69-71-73-75-77-79-86(89)95-84(83-94-96(90,91)93-81-80-87(3,4)5)82-92-85(88)78-76-74-72-70-68-66-64-62-60-58-56-54-52-50-48-46-39-37-35-33-31-29-27-25-23-21-19-17-15-13-11-9-7-2/h8-11,14-17,20-23,26-29,32,34,38,40,84H,6-7,12-13,18-19,24-25,30-31,33,35-37,39,41-83H2,1-5H3/p+1/b10-8-,11-9-,16-14-,17-15-,22-20-,23-21-,28-26-,29-27-,34-32-,40-38-. The van der Waals surface area contributed by atoms with Crippen molar-refractivity contribution >= 4 is 19.8 Å². The number of likely N-dealkylation sites (N-methyl/N-ethyl adjacent to an activating group) is 1. The minimum Gasteiger partial charge on any atom is -0.462 e. The summed E-state index contributed by atoms with van der Waals surface area (Å²) in [6.45, 7) is 4.25. The number of carbonyl (C=O) groups is 2. The minimum absolute atomic E-state index is 0.0308. The number of hydrogen-bond acceptors (Lipinski definition) is 7. The number of phosphoric acid groups is 1. The van der Waals surface area contributed by atoms with Crippen LogP contribution in [0, 0.1) is 0 Å². The fourth-order valence-electron chi connectivity index (χ4n) is 11.4. The van der Waals surface area contributed by atoms with Crippen LogP contribution >= 0.6 is 7.82 Å². The zero-order valence-electron chi connectivity index (χ0n) is 63.3. The fourth-order valence-corrected chi connectivity index (χ4v) is 12.2. The number of unbranched alkanes of at least 4 members (excludes halogenated alkanes) is 40. The average molecular weight is 1360 g/mol. The van der Waals surface area contributed by atoms with Crippen LogP contribution in [0.3, 0.4) is 0 Å². The molecule has 0 bridgehead atoms. The van der Waals surface area contributed by atoms with Gasteiger partial charge in [-0.2, -0.15) is 0 Å². The van der Waals surface area contributed by atoms with Gasteiger partial charge in [-0.1, -0.05) is 367 Å². The number of ether oxygens (including phenoxy) is 2. The summed E-state index contributed by atoms with van der Waals surface area (Å²) in [5.74, 6) is -0.782. The molecule has 0 radical (unpaired) electrons. The Kier molecular flexibility index (Phi) is 72.8. The van der Waals surface area contributed by atoms with Crippen LogP contribution in [-0.4, -0.2) is 74.9 Å². The third kappa shape index (κ3) is 79.4. The number of phosphoric ester groups is 1. The number of esters is 2. The van der Waals surface area contributed by atoms with Gasteiger partial charge in [0.1, 0.15) is 19.8 Å². The van der Waals surface area contributed by atoms with Gasteiger partial charge < -0.3 is 18.9 Å². The zero-order chi connectivity index (χ0) is 69.7. The van der Waals surface area contributed by atoms with Gasteiger partial charge in [0.25, 0.3) is 0 Å². The van der Waals surface area contributed by atoms with E-state index < -0.39 is 26.5 Å². The molecule has 2 unspecified atom stereocenters. The monoisotopic (exact) mass is 1360 g/mol. The summed E-state index contributed by atoms with van der Waals surface area (Å²) in [6.07, 6.45) is 109. The van der Waals surface area contributed by atoms with Gasteiger partial charge in [-0.25, -0.2) is 4.57 Å². The van der Waals surface area contributed by atoms with E-state index in [4.69, 9.17) is 18.5 Å². The summed E-state index contributed by atoms with van der Waals surface area (Å²) in [5.41, 5.74) is 0. The number of allylic oxidation sites excluding steroid dienone is 20. The van der Waals surface area contributed by atoms with E-state index in [-0.39, 0.29) is 32.0 Å². The molecule has 0 amide bonds. The summed E-state index contributed by atoms with van der Waals surface area (Å²) in [6, 6.07) is 0. The van der Waals surface area contributed by atoms with Gasteiger partial charge in [-0.15, -0.1) is 0 Å². The van der Waals surface area contributed by atoms with Crippen LogP contribution < -0.4 is 0 Å². The summed E-state index contributed by atoms with van der Waals surface area (Å²) < 4.78 is 34.8. The second-order valence-electron chi connectivity index (χ2n) is 28.0. The lowest BCUT2D eigenvalue weighted by molar-refractivity contribution is -0.870. The first-order valence-electron chi connectivity index (χ1n) is 40.3. The Morgan fingerprint density at radius 2 is 0.562 bits per heavy atom. The van der Waals surface area contributed by atoms with E-state index in [0.29, 0.717) is 17.4 Å². The van der Waals surface area contributed by atoms with Gasteiger partial charge in [0, 0.05) is 12.8 Å². The van der Waals surface area contributed by atoms with Gasteiger partial charge >= 0.3 is 19.8 Å². The summed E-state index contributed by atoms with van der Waals surface area (Å²) in [5, 5.41) is 0. The Balaban J connectivity index is 3.94. The molecule has 0 saturated carbocycles. The van der Waals surface area contributed by atoms with Crippen LogP contribution in [0.4, 0.5) is 0 Å². The zero-order valence-corrected chi connectivity index (χ0v) is 64.2. The van der Waals surface area contributed by atoms with E-state index in [1.807, 2.05) is 21.1 Å². The highest BCUT2D eigenvalue weighted by atomic mass is 31.2. The second kappa shape index (κ2) is 75.6. The molecule has 10 heteroatoms. The van der Waals surface area contributed by atoms with E-state index in [1.54, 1.807) is 0 Å². The van der Waals surface area contributed by atoms with Crippen molar-refractivity contribution in [1.82, 2.24) is 0 Å². The smallest absolute Gasteiger partial charge is 0.462 e. The Bertz CT molecular complexity index is 2040. The molecule has 9 nitrogen and oxygen atoms in total. The maximum Gasteiger partial charge on any atom is 0.472 e. The van der Waals surface area contributed by atoms with Gasteiger partial charge in [0.15, 0.2) is 6.10 Å². The van der Waals surface area contributed by atoms with Crippen LogP contribution in [-0.2, 0) is 32.7 Å². The molecular formula is C86H153NO8P+. The molecule has 0 aromatic rings. The second-order valence-corrected chi connectivity index (χ2v) is 29.5. The van der Waals surface area contributed by atoms with Gasteiger partial charge in [-0.3, -0.25) is 18.6 Å². The lowest BCUT2D eigenvalue weighted by Crippen LogP contribution is -2.37. The predicted molar refractivity (Wildman–Crippen MR) is 418 cm³/mol. The van der Waals surface area contributed by atoms with Crippen molar-refractivity contribution in [2.45, 2.75) is 367 Å². The first-order valence-corrected chi connectivity index (χ1v) is 41.8. The van der Waals surface area contributed by atoms with E-state index in [1.165, 1.54) is 231 Å². The molecular weight excluding hydrogens is 1210 g/mol. The Morgan fingerprint density at radius 1 is 0.323 bits per heavy atom. The molecule has 0 aliphatic rings. The van der Waals surface area contributed by atoms with Crippen LogP contribution in [0.15, 0.2) is 122 Å². The lowest BCUT2D eigenvalue weighted by Gasteiger charge is -2.24. The van der Waals surface area contributed by atoms with Gasteiger partial charge in [0.05, 0.1) is 27.7 Å². The number of rotatable bonds is 74. The third-order valence-electron chi connectivity index (χ3n) is 17.5. The van der Waals surface area contributed by atoms with Crippen molar-refractivity contribution in [2.75, 3.05) is 47.5 Å². The molecule has 0 heterocycles. The molecule has 554 valence electrons. The van der Waals surface area contributed by atoms with Crippen molar-refractivity contribution in [3.8, 4) is 0 Å². The van der Waals surface area contributed by atoms with Crippen LogP contribution in [0.1, 0.15) is 361 Å². The number of quaternary nitrogens is 1. The Labute approximate surface area is 594 Å². The number of carbonyl (C=O) groups excluding carboxylic acids is 2. The maximum atomic E-state index is 12.9. The van der Waals surface area contributed by atoms with Crippen molar-refractivity contribution < 1.29 is 42.1 Å². The SMILES string of the molecule is CC/C=C\C/C=C\C/C=C\C/C=C\C/C=C\C/C=C\CCCCCCCCCCCCCCCCCCCCCCC(=O)OC(COC(=O)CCCCCCCCCCCCCCCCCCCCCC/C=C\C/C=C\C/C=C\C/C=C\CC)COP(=O)(O)OCC[N+](C)(C)C. The molecule has 0 fully saturated rings. The van der Waals surface area contributed by atoms with Crippen molar-refractivity contribution in [1.29, 1.82) is 0 Å². The quantitative estimate of drug-likeness (QED) is 0.0211. The first-order chi connectivity index (χ1) is 47.0. The molecule has 0 aliphatic heterocycles. The van der Waals surface area contributed by atoms with E-state index in [0.717, 1.165) is 96.3 Å². The summed E-state index contributed by atoms with van der Waals surface area (Å²) in [4.78, 5) is 36.0. The summed E-state index contributed by atoms with van der Waals surface area (Å²) in [7, 11) is 1.49. The van der Waals surface area contributed by atoms with Crippen molar-refractivity contribution in [3.63, 3.8) is 0 Å². The molecule has 0 rings (SSSR count). The molecule has 1 N–H and O–H groups in total. The topological polar surface area (TPSA) is 108 Å². The Morgan fingerprint density at radius 3 is 0.833 bits per heavy atom. The number of nitrogens with zero attached hydrogens (tertiary/aromatic N) is 1. The van der Waals surface area contributed by atoms with Crippen molar-refractivity contribution in [2.24, 2.45) is 0 Å².